The number of aryl methyl sites for hydroxylation is 1. The molecule has 0 spiro atoms. The summed E-state index contributed by atoms with van der Waals surface area (Å²) in [5.41, 5.74) is 1.48. The predicted molar refractivity (Wildman–Crippen MR) is 75.7 cm³/mol. The molecule has 0 unspecified atom stereocenters. The van der Waals surface area contributed by atoms with Crippen molar-refractivity contribution in [3.05, 3.63) is 26.6 Å². The second kappa shape index (κ2) is 4.41. The monoisotopic (exact) mass is 334 g/mol. The van der Waals surface area contributed by atoms with Crippen LogP contribution in [0.4, 0.5) is 0 Å². The minimum Gasteiger partial charge on any atom is -0.129 e. The first kappa shape index (κ1) is 10.8. The molecule has 0 radical (unpaired) electrons. The van der Waals surface area contributed by atoms with Crippen LogP contribution in [0.5, 0.6) is 0 Å². The average Bonchev–Trinajstić information content (AvgIpc) is 2.54. The number of fused-ring (bicyclic) bond motifs is 1. The Labute approximate surface area is 106 Å². The van der Waals surface area contributed by atoms with Gasteiger partial charge in [-0.1, -0.05) is 6.92 Å². The molecule has 1 aromatic heterocycles. The number of rotatable bonds is 2. The zero-order valence-corrected chi connectivity index (χ0v) is 11.9. The van der Waals surface area contributed by atoms with Crippen LogP contribution in [0.3, 0.4) is 0 Å². The number of halogens is 1. The minimum atomic E-state index is 1.13. The second-order valence-electron chi connectivity index (χ2n) is 3.11. The van der Waals surface area contributed by atoms with Gasteiger partial charge in [-0.2, -0.15) is 0 Å². The SMILES string of the molecule is CCc1cc2sc(I)cc2cc1SC. The average molecular weight is 334 g/mol. The van der Waals surface area contributed by atoms with Crippen molar-refractivity contribution in [1.82, 2.24) is 0 Å². The molecule has 2 rings (SSSR count). The Bertz CT molecular complexity index is 419. The molecule has 3 heteroatoms. The van der Waals surface area contributed by atoms with Gasteiger partial charge in [0.2, 0.25) is 0 Å². The molecule has 0 saturated heterocycles. The molecule has 0 aliphatic rings. The zero-order chi connectivity index (χ0) is 10.1. The summed E-state index contributed by atoms with van der Waals surface area (Å²) in [4.78, 5) is 1.43. The Morgan fingerprint density at radius 1 is 1.36 bits per heavy atom. The Kier molecular flexibility index (Phi) is 3.39. The normalized spacial score (nSPS) is 11.1. The molecule has 14 heavy (non-hydrogen) atoms. The van der Waals surface area contributed by atoms with Crippen LogP contribution in [-0.4, -0.2) is 6.26 Å². The molecule has 0 aliphatic heterocycles. The maximum atomic E-state index is 2.39. The van der Waals surface area contributed by atoms with E-state index in [1.807, 2.05) is 23.1 Å². The summed E-state index contributed by atoms with van der Waals surface area (Å²) in [6.07, 6.45) is 3.28. The molecule has 0 N–H and O–H groups in total. The van der Waals surface area contributed by atoms with Crippen LogP contribution in [0.2, 0.25) is 0 Å². The second-order valence-corrected chi connectivity index (χ2v) is 6.93. The quantitative estimate of drug-likeness (QED) is 0.562. The van der Waals surface area contributed by atoms with Gasteiger partial charge >= 0.3 is 0 Å². The van der Waals surface area contributed by atoms with Crippen molar-refractivity contribution in [2.24, 2.45) is 0 Å². The topological polar surface area (TPSA) is 0 Å². The maximum absolute atomic E-state index is 2.39. The smallest absolute Gasteiger partial charge is 0.0666 e. The fourth-order valence-electron chi connectivity index (χ4n) is 1.54. The van der Waals surface area contributed by atoms with Crippen LogP contribution in [-0.2, 0) is 6.42 Å². The Morgan fingerprint density at radius 2 is 2.14 bits per heavy atom. The summed E-state index contributed by atoms with van der Waals surface area (Å²) in [5.74, 6) is 0. The molecule has 0 nitrogen and oxygen atoms in total. The lowest BCUT2D eigenvalue weighted by Gasteiger charge is -2.04. The zero-order valence-electron chi connectivity index (χ0n) is 8.13. The number of thiophene rings is 1. The molecule has 0 saturated carbocycles. The van der Waals surface area contributed by atoms with Gasteiger partial charge in [-0.25, -0.2) is 0 Å². The number of hydrogen-bond donors (Lipinski definition) is 0. The van der Waals surface area contributed by atoms with Crippen molar-refractivity contribution in [3.63, 3.8) is 0 Å². The van der Waals surface area contributed by atoms with E-state index in [9.17, 15) is 0 Å². The molecule has 0 amide bonds. The summed E-state index contributed by atoms with van der Waals surface area (Å²) >= 11 is 6.12. The molecule has 0 aliphatic carbocycles. The van der Waals surface area contributed by atoms with E-state index in [1.165, 1.54) is 23.4 Å². The third-order valence-electron chi connectivity index (χ3n) is 2.27. The molecule has 0 fully saturated rings. The van der Waals surface area contributed by atoms with Gasteiger partial charge in [0.1, 0.15) is 0 Å². The van der Waals surface area contributed by atoms with Crippen molar-refractivity contribution in [2.75, 3.05) is 6.26 Å². The Balaban J connectivity index is 2.68. The molecular formula is C11H11IS2. The lowest BCUT2D eigenvalue weighted by Crippen LogP contribution is -1.83. The first-order valence-corrected chi connectivity index (χ1v) is 7.62. The number of hydrogen-bond acceptors (Lipinski definition) is 2. The summed E-state index contributed by atoms with van der Waals surface area (Å²) in [6, 6.07) is 6.92. The lowest BCUT2D eigenvalue weighted by molar-refractivity contribution is 1.09. The molecule has 1 aromatic carbocycles. The fraction of sp³-hybridized carbons (Fsp3) is 0.273. The van der Waals surface area contributed by atoms with Gasteiger partial charge in [0.05, 0.1) is 2.88 Å². The van der Waals surface area contributed by atoms with E-state index < -0.39 is 0 Å². The van der Waals surface area contributed by atoms with E-state index in [-0.39, 0.29) is 0 Å². The van der Waals surface area contributed by atoms with Crippen LogP contribution >= 0.6 is 45.7 Å². The van der Waals surface area contributed by atoms with E-state index >= 15 is 0 Å². The highest BCUT2D eigenvalue weighted by Gasteiger charge is 2.05. The van der Waals surface area contributed by atoms with E-state index in [0.29, 0.717) is 0 Å². The lowest BCUT2D eigenvalue weighted by atomic mass is 10.1. The Hall–Kier alpha value is 0.260. The van der Waals surface area contributed by atoms with Gasteiger partial charge in [-0.3, -0.25) is 0 Å². The third kappa shape index (κ3) is 1.95. The van der Waals surface area contributed by atoms with Crippen molar-refractivity contribution < 1.29 is 0 Å². The van der Waals surface area contributed by atoms with Crippen molar-refractivity contribution in [3.8, 4) is 0 Å². The summed E-state index contributed by atoms with van der Waals surface area (Å²) in [5, 5.41) is 1.39. The van der Waals surface area contributed by atoms with Gasteiger partial charge in [0.25, 0.3) is 0 Å². The summed E-state index contributed by atoms with van der Waals surface area (Å²) in [7, 11) is 0. The van der Waals surface area contributed by atoms with Gasteiger partial charge in [-0.05, 0) is 64.4 Å². The van der Waals surface area contributed by atoms with Crippen molar-refractivity contribution in [1.29, 1.82) is 0 Å². The summed E-state index contributed by atoms with van der Waals surface area (Å²) in [6.45, 7) is 2.22. The van der Waals surface area contributed by atoms with Gasteiger partial charge in [0, 0.05) is 9.60 Å². The standard InChI is InChI=1S/C11H11IS2/c1-3-7-4-10-8(5-9(7)13-2)6-11(12)14-10/h4-6H,3H2,1-2H3. The molecule has 1 heterocycles. The highest BCUT2D eigenvalue weighted by molar-refractivity contribution is 14.1. The van der Waals surface area contributed by atoms with Crippen LogP contribution < -0.4 is 0 Å². The van der Waals surface area contributed by atoms with Crippen molar-refractivity contribution in [2.45, 2.75) is 18.2 Å². The van der Waals surface area contributed by atoms with E-state index in [1.54, 1.807) is 0 Å². The highest BCUT2D eigenvalue weighted by atomic mass is 127. The molecule has 2 aromatic rings. The number of benzene rings is 1. The first-order chi connectivity index (χ1) is 6.74. The van der Waals surface area contributed by atoms with Gasteiger partial charge < -0.3 is 0 Å². The number of thioether (sulfide) groups is 1. The van der Waals surface area contributed by atoms with Gasteiger partial charge in [-0.15, -0.1) is 23.1 Å². The molecule has 0 bridgehead atoms. The van der Waals surface area contributed by atoms with E-state index in [2.05, 4.69) is 54.0 Å². The highest BCUT2D eigenvalue weighted by Crippen LogP contribution is 2.32. The van der Waals surface area contributed by atoms with Gasteiger partial charge in [0.15, 0.2) is 0 Å². The van der Waals surface area contributed by atoms with Crippen LogP contribution in [0.15, 0.2) is 23.1 Å². The first-order valence-electron chi connectivity index (χ1n) is 4.50. The van der Waals surface area contributed by atoms with E-state index in [0.717, 1.165) is 6.42 Å². The predicted octanol–water partition coefficient (Wildman–Crippen LogP) is 4.79. The van der Waals surface area contributed by atoms with Crippen LogP contribution in [0.25, 0.3) is 10.1 Å². The van der Waals surface area contributed by atoms with E-state index in [4.69, 9.17) is 0 Å². The van der Waals surface area contributed by atoms with Crippen LogP contribution in [0.1, 0.15) is 12.5 Å². The molecular weight excluding hydrogens is 323 g/mol. The minimum absolute atomic E-state index is 1.13. The maximum Gasteiger partial charge on any atom is 0.0666 e. The van der Waals surface area contributed by atoms with Crippen molar-refractivity contribution >= 4 is 55.8 Å². The molecule has 0 atom stereocenters. The summed E-state index contributed by atoms with van der Waals surface area (Å²) < 4.78 is 2.79. The largest absolute Gasteiger partial charge is 0.129 e. The fourth-order valence-corrected chi connectivity index (χ4v) is 4.13. The third-order valence-corrected chi connectivity index (χ3v) is 4.95. The van der Waals surface area contributed by atoms with Crippen LogP contribution in [0, 0.1) is 2.88 Å². The molecule has 74 valence electrons. The Morgan fingerprint density at radius 3 is 2.79 bits per heavy atom.